The minimum atomic E-state index is -0.674. The lowest BCUT2D eigenvalue weighted by Gasteiger charge is -2.25. The van der Waals surface area contributed by atoms with Crippen molar-refractivity contribution in [2.75, 3.05) is 29.9 Å². The largest absolute Gasteiger partial charge is 0.376 e. The molecule has 0 bridgehead atoms. The number of nitrogens with one attached hydrogen (secondary N) is 2. The maximum Gasteiger partial charge on any atom is 0.313 e. The van der Waals surface area contributed by atoms with E-state index in [-0.39, 0.29) is 12.0 Å². The number of rotatable bonds is 3. The van der Waals surface area contributed by atoms with Gasteiger partial charge in [0.1, 0.15) is 0 Å². The first-order valence-corrected chi connectivity index (χ1v) is 8.79. The molecule has 0 unspecified atom stereocenters. The molecule has 0 radical (unpaired) electrons. The Morgan fingerprint density at radius 1 is 1.16 bits per heavy atom. The molecule has 1 saturated heterocycles. The zero-order chi connectivity index (χ0) is 17.4. The quantitative estimate of drug-likeness (QED) is 0.793. The van der Waals surface area contributed by atoms with Gasteiger partial charge in [0.05, 0.1) is 11.8 Å². The molecule has 132 valence electrons. The van der Waals surface area contributed by atoms with Crippen molar-refractivity contribution in [3.63, 3.8) is 0 Å². The number of carbonyl (C=O) groups excluding carboxylic acids is 3. The Labute approximate surface area is 145 Å². The standard InChI is InChI=1S/C18H21N3O4/c22-15-4-3-11-8-13(9-12-5-6-21(15)16(11)12)20-18(24)17(23)19-10-14-2-1-7-25-14/h8-9,14H,1-7,10H2,(H,19,23)(H,20,24)/t14-/m1/s1. The average molecular weight is 343 g/mol. The molecule has 3 heterocycles. The molecule has 0 aliphatic carbocycles. The molecule has 25 heavy (non-hydrogen) atoms. The molecule has 1 aromatic rings. The van der Waals surface area contributed by atoms with E-state index in [0.29, 0.717) is 38.2 Å². The van der Waals surface area contributed by atoms with Crippen LogP contribution in [0.25, 0.3) is 0 Å². The highest BCUT2D eigenvalue weighted by Gasteiger charge is 2.31. The number of hydrogen-bond acceptors (Lipinski definition) is 4. The zero-order valence-electron chi connectivity index (χ0n) is 14.0. The van der Waals surface area contributed by atoms with Crippen LogP contribution in [0.4, 0.5) is 11.4 Å². The van der Waals surface area contributed by atoms with Crippen molar-refractivity contribution in [1.29, 1.82) is 0 Å². The van der Waals surface area contributed by atoms with Gasteiger partial charge in [0.25, 0.3) is 0 Å². The molecular formula is C18H21N3O4. The second-order valence-electron chi connectivity index (χ2n) is 6.74. The fourth-order valence-electron chi connectivity index (χ4n) is 3.81. The average Bonchev–Trinajstić information content (AvgIpc) is 3.26. The first-order valence-electron chi connectivity index (χ1n) is 8.79. The summed E-state index contributed by atoms with van der Waals surface area (Å²) < 4.78 is 5.43. The van der Waals surface area contributed by atoms with Crippen LogP contribution < -0.4 is 15.5 Å². The third-order valence-corrected chi connectivity index (χ3v) is 5.03. The van der Waals surface area contributed by atoms with Crippen LogP contribution in [0.2, 0.25) is 0 Å². The first kappa shape index (κ1) is 16.1. The molecule has 0 aromatic heterocycles. The maximum atomic E-state index is 12.1. The highest BCUT2D eigenvalue weighted by atomic mass is 16.5. The van der Waals surface area contributed by atoms with Gasteiger partial charge in [-0.1, -0.05) is 0 Å². The van der Waals surface area contributed by atoms with Gasteiger partial charge < -0.3 is 20.3 Å². The van der Waals surface area contributed by atoms with E-state index in [9.17, 15) is 14.4 Å². The van der Waals surface area contributed by atoms with Crippen LogP contribution >= 0.6 is 0 Å². The van der Waals surface area contributed by atoms with Crippen molar-refractivity contribution >= 4 is 29.1 Å². The summed E-state index contributed by atoms with van der Waals surface area (Å²) in [5.74, 6) is -1.16. The molecule has 4 rings (SSSR count). The summed E-state index contributed by atoms with van der Waals surface area (Å²) in [6, 6.07) is 3.73. The molecule has 3 aliphatic rings. The molecule has 1 fully saturated rings. The summed E-state index contributed by atoms with van der Waals surface area (Å²) in [4.78, 5) is 37.9. The van der Waals surface area contributed by atoms with Crippen molar-refractivity contribution in [2.45, 2.75) is 38.2 Å². The second kappa shape index (κ2) is 6.48. The molecular weight excluding hydrogens is 322 g/mol. The smallest absolute Gasteiger partial charge is 0.313 e. The summed E-state index contributed by atoms with van der Waals surface area (Å²) >= 11 is 0. The number of ether oxygens (including phenoxy) is 1. The van der Waals surface area contributed by atoms with E-state index in [4.69, 9.17) is 4.74 Å². The van der Waals surface area contributed by atoms with Gasteiger partial charge in [-0.15, -0.1) is 0 Å². The normalized spacial score (nSPS) is 21.2. The van der Waals surface area contributed by atoms with E-state index in [0.717, 1.165) is 36.1 Å². The van der Waals surface area contributed by atoms with Crippen LogP contribution in [0, 0.1) is 0 Å². The molecule has 2 N–H and O–H groups in total. The van der Waals surface area contributed by atoms with Crippen molar-refractivity contribution < 1.29 is 19.1 Å². The van der Waals surface area contributed by atoms with Crippen LogP contribution in [0.3, 0.4) is 0 Å². The van der Waals surface area contributed by atoms with Gasteiger partial charge in [0.2, 0.25) is 5.91 Å². The molecule has 1 aromatic carbocycles. The molecule has 1 atom stereocenters. The fraction of sp³-hybridized carbons (Fsp3) is 0.500. The van der Waals surface area contributed by atoms with Gasteiger partial charge in [0.15, 0.2) is 0 Å². The number of nitrogens with zero attached hydrogens (tertiary/aromatic N) is 1. The number of anilines is 2. The highest BCUT2D eigenvalue weighted by Crippen LogP contribution is 2.38. The summed E-state index contributed by atoms with van der Waals surface area (Å²) in [5, 5.41) is 5.30. The molecule has 3 amide bonds. The zero-order valence-corrected chi connectivity index (χ0v) is 14.0. The minimum Gasteiger partial charge on any atom is -0.376 e. The Bertz CT molecular complexity index is 740. The van der Waals surface area contributed by atoms with E-state index in [1.807, 2.05) is 17.0 Å². The summed E-state index contributed by atoms with van der Waals surface area (Å²) in [7, 11) is 0. The van der Waals surface area contributed by atoms with Crippen LogP contribution in [0.5, 0.6) is 0 Å². The lowest BCUT2D eigenvalue weighted by atomic mass is 9.98. The van der Waals surface area contributed by atoms with E-state index >= 15 is 0 Å². The van der Waals surface area contributed by atoms with E-state index in [1.165, 1.54) is 0 Å². The Balaban J connectivity index is 1.42. The Kier molecular flexibility index (Phi) is 4.17. The van der Waals surface area contributed by atoms with Gasteiger partial charge >= 0.3 is 11.8 Å². The van der Waals surface area contributed by atoms with Gasteiger partial charge in [-0.2, -0.15) is 0 Å². The predicted molar refractivity (Wildman–Crippen MR) is 91.4 cm³/mol. The van der Waals surface area contributed by atoms with Gasteiger partial charge in [-0.3, -0.25) is 14.4 Å². The second-order valence-corrected chi connectivity index (χ2v) is 6.74. The predicted octanol–water partition coefficient (Wildman–Crippen LogP) is 0.756. The summed E-state index contributed by atoms with van der Waals surface area (Å²) in [6.45, 7) is 1.77. The number of aryl methyl sites for hydroxylation is 1. The number of hydrogen-bond donors (Lipinski definition) is 2. The monoisotopic (exact) mass is 343 g/mol. The fourth-order valence-corrected chi connectivity index (χ4v) is 3.81. The third-order valence-electron chi connectivity index (χ3n) is 5.03. The summed E-state index contributed by atoms with van der Waals surface area (Å²) in [6.07, 6.45) is 3.85. The first-order chi connectivity index (χ1) is 12.1. The topological polar surface area (TPSA) is 87.7 Å². The van der Waals surface area contributed by atoms with E-state index < -0.39 is 11.8 Å². The summed E-state index contributed by atoms with van der Waals surface area (Å²) in [5.41, 5.74) is 3.73. The van der Waals surface area contributed by atoms with Gasteiger partial charge in [-0.25, -0.2) is 0 Å². The molecule has 0 saturated carbocycles. The van der Waals surface area contributed by atoms with Crippen molar-refractivity contribution in [3.8, 4) is 0 Å². The number of benzene rings is 1. The molecule has 3 aliphatic heterocycles. The van der Waals surface area contributed by atoms with Crippen molar-refractivity contribution in [1.82, 2.24) is 5.32 Å². The van der Waals surface area contributed by atoms with Crippen molar-refractivity contribution in [2.24, 2.45) is 0 Å². The molecule has 7 heteroatoms. The van der Waals surface area contributed by atoms with E-state index in [1.54, 1.807) is 0 Å². The lowest BCUT2D eigenvalue weighted by molar-refractivity contribution is -0.136. The lowest BCUT2D eigenvalue weighted by Crippen LogP contribution is -2.39. The van der Waals surface area contributed by atoms with Crippen LogP contribution in [0.1, 0.15) is 30.4 Å². The van der Waals surface area contributed by atoms with Gasteiger partial charge in [0, 0.05) is 31.8 Å². The SMILES string of the molecule is O=C(NC[C@H]1CCCO1)C(=O)Nc1cc2c3c(c1)CCN3C(=O)CC2. The minimum absolute atomic E-state index is 0.00438. The van der Waals surface area contributed by atoms with Gasteiger partial charge in [-0.05, 0) is 48.9 Å². The van der Waals surface area contributed by atoms with E-state index in [2.05, 4.69) is 10.6 Å². The Hall–Kier alpha value is -2.41. The molecule has 7 nitrogen and oxygen atoms in total. The number of carbonyl (C=O) groups is 3. The third kappa shape index (κ3) is 3.11. The molecule has 0 spiro atoms. The van der Waals surface area contributed by atoms with Crippen LogP contribution in [-0.2, 0) is 32.0 Å². The van der Waals surface area contributed by atoms with Crippen LogP contribution in [0.15, 0.2) is 12.1 Å². The number of amides is 3. The highest BCUT2D eigenvalue weighted by molar-refractivity contribution is 6.39. The van der Waals surface area contributed by atoms with Crippen LogP contribution in [-0.4, -0.2) is 43.5 Å². The Morgan fingerprint density at radius 3 is 2.72 bits per heavy atom. The maximum absolute atomic E-state index is 12.1. The Morgan fingerprint density at radius 2 is 1.96 bits per heavy atom. The van der Waals surface area contributed by atoms with Crippen molar-refractivity contribution in [3.05, 3.63) is 23.3 Å².